The lowest BCUT2D eigenvalue weighted by molar-refractivity contribution is 0.250. The Labute approximate surface area is 105 Å². The van der Waals surface area contributed by atoms with Crippen LogP contribution in [-0.2, 0) is 0 Å². The van der Waals surface area contributed by atoms with Crippen LogP contribution in [0, 0.1) is 0 Å². The van der Waals surface area contributed by atoms with Gasteiger partial charge >= 0.3 is 6.03 Å². The maximum absolute atomic E-state index is 11.5. The zero-order valence-corrected chi connectivity index (χ0v) is 10.3. The molecule has 0 atom stereocenters. The van der Waals surface area contributed by atoms with E-state index in [1.807, 2.05) is 19.9 Å². The van der Waals surface area contributed by atoms with Crippen molar-refractivity contribution in [3.8, 4) is 5.82 Å². The summed E-state index contributed by atoms with van der Waals surface area (Å²) in [5, 5.41) is 5.45. The molecule has 2 amide bonds. The van der Waals surface area contributed by atoms with Gasteiger partial charge in [0.15, 0.2) is 0 Å². The Balaban J connectivity index is 2.02. The molecule has 0 aliphatic rings. The van der Waals surface area contributed by atoms with E-state index >= 15 is 0 Å². The number of carbonyl (C=O) groups is 1. The first-order valence-electron chi connectivity index (χ1n) is 5.67. The number of pyridine rings is 1. The fraction of sp³-hybridized carbons (Fsp3) is 0.250. The Hall–Kier alpha value is -2.37. The van der Waals surface area contributed by atoms with Crippen LogP contribution in [0.3, 0.4) is 0 Å². The van der Waals surface area contributed by atoms with Gasteiger partial charge in [-0.3, -0.25) is 4.57 Å². The number of rotatable bonds is 3. The molecule has 6 nitrogen and oxygen atoms in total. The van der Waals surface area contributed by atoms with Crippen molar-refractivity contribution < 1.29 is 4.79 Å². The van der Waals surface area contributed by atoms with Crippen molar-refractivity contribution in [2.24, 2.45) is 0 Å². The predicted octanol–water partition coefficient (Wildman–Crippen LogP) is 1.80. The van der Waals surface area contributed by atoms with Gasteiger partial charge in [-0.05, 0) is 26.0 Å². The maximum atomic E-state index is 11.5. The normalized spacial score (nSPS) is 10.4. The number of hydrogen-bond donors (Lipinski definition) is 2. The minimum absolute atomic E-state index is 0.100. The molecular formula is C12H15N5O. The predicted molar refractivity (Wildman–Crippen MR) is 68.6 cm³/mol. The molecule has 94 valence electrons. The van der Waals surface area contributed by atoms with Crippen LogP contribution in [0.2, 0.25) is 0 Å². The Morgan fingerprint density at radius 1 is 1.39 bits per heavy atom. The van der Waals surface area contributed by atoms with Gasteiger partial charge in [0.05, 0.1) is 11.9 Å². The lowest BCUT2D eigenvalue weighted by Gasteiger charge is -2.10. The Kier molecular flexibility index (Phi) is 3.57. The number of carbonyl (C=O) groups excluding carboxylic acids is 1. The Morgan fingerprint density at radius 2 is 2.22 bits per heavy atom. The molecule has 0 radical (unpaired) electrons. The summed E-state index contributed by atoms with van der Waals surface area (Å²) >= 11 is 0. The van der Waals surface area contributed by atoms with Crippen molar-refractivity contribution >= 4 is 11.7 Å². The first kappa shape index (κ1) is 12.1. The van der Waals surface area contributed by atoms with Gasteiger partial charge in [0, 0.05) is 18.4 Å². The second kappa shape index (κ2) is 5.31. The number of urea groups is 1. The van der Waals surface area contributed by atoms with Crippen LogP contribution in [0.1, 0.15) is 13.8 Å². The van der Waals surface area contributed by atoms with Gasteiger partial charge in [-0.1, -0.05) is 0 Å². The van der Waals surface area contributed by atoms with E-state index in [0.717, 1.165) is 5.82 Å². The van der Waals surface area contributed by atoms with Crippen molar-refractivity contribution in [3.05, 3.63) is 37.1 Å². The highest BCUT2D eigenvalue weighted by Crippen LogP contribution is 2.09. The van der Waals surface area contributed by atoms with Crippen molar-refractivity contribution in [2.45, 2.75) is 19.9 Å². The fourth-order valence-corrected chi connectivity index (χ4v) is 1.44. The molecule has 0 saturated heterocycles. The summed E-state index contributed by atoms with van der Waals surface area (Å²) in [6.45, 7) is 3.81. The minimum atomic E-state index is -0.234. The minimum Gasteiger partial charge on any atom is -0.336 e. The summed E-state index contributed by atoms with van der Waals surface area (Å²) < 4.78 is 1.79. The first-order chi connectivity index (χ1) is 8.65. The van der Waals surface area contributed by atoms with Gasteiger partial charge in [0.25, 0.3) is 0 Å². The SMILES string of the molecule is CC(C)NC(=O)Nc1ccc(-n2ccnc2)nc1. The molecular weight excluding hydrogens is 230 g/mol. The molecule has 0 aliphatic heterocycles. The molecule has 0 unspecified atom stereocenters. The average Bonchev–Trinajstić information content (AvgIpc) is 2.82. The van der Waals surface area contributed by atoms with E-state index in [2.05, 4.69) is 20.6 Å². The maximum Gasteiger partial charge on any atom is 0.319 e. The van der Waals surface area contributed by atoms with Gasteiger partial charge in [0.1, 0.15) is 12.1 Å². The molecule has 0 aliphatic carbocycles. The molecule has 0 aromatic carbocycles. The number of hydrogen-bond acceptors (Lipinski definition) is 3. The summed E-state index contributed by atoms with van der Waals surface area (Å²) in [7, 11) is 0. The van der Waals surface area contributed by atoms with Gasteiger partial charge in [-0.25, -0.2) is 14.8 Å². The highest BCUT2D eigenvalue weighted by atomic mass is 16.2. The molecule has 0 fully saturated rings. The van der Waals surface area contributed by atoms with Crippen LogP contribution in [0.25, 0.3) is 5.82 Å². The van der Waals surface area contributed by atoms with Crippen molar-refractivity contribution in [1.82, 2.24) is 19.9 Å². The van der Waals surface area contributed by atoms with Gasteiger partial charge in [0.2, 0.25) is 0 Å². The van der Waals surface area contributed by atoms with E-state index in [4.69, 9.17) is 0 Å². The molecule has 0 bridgehead atoms. The molecule has 0 saturated carbocycles. The highest BCUT2D eigenvalue weighted by molar-refractivity contribution is 5.89. The first-order valence-corrected chi connectivity index (χ1v) is 5.67. The topological polar surface area (TPSA) is 71.8 Å². The third-order valence-corrected chi connectivity index (χ3v) is 2.19. The van der Waals surface area contributed by atoms with E-state index in [0.29, 0.717) is 5.69 Å². The van der Waals surface area contributed by atoms with Gasteiger partial charge in [-0.2, -0.15) is 0 Å². The zero-order chi connectivity index (χ0) is 13.0. The van der Waals surface area contributed by atoms with Crippen LogP contribution in [0.15, 0.2) is 37.1 Å². The van der Waals surface area contributed by atoms with Crippen LogP contribution < -0.4 is 10.6 Å². The molecule has 2 N–H and O–H groups in total. The third-order valence-electron chi connectivity index (χ3n) is 2.19. The van der Waals surface area contributed by atoms with E-state index < -0.39 is 0 Å². The molecule has 18 heavy (non-hydrogen) atoms. The summed E-state index contributed by atoms with van der Waals surface area (Å²) in [5.74, 6) is 0.752. The van der Waals surface area contributed by atoms with E-state index in [9.17, 15) is 4.79 Å². The van der Waals surface area contributed by atoms with Crippen LogP contribution >= 0.6 is 0 Å². The number of amides is 2. The van der Waals surface area contributed by atoms with Crippen molar-refractivity contribution in [1.29, 1.82) is 0 Å². The largest absolute Gasteiger partial charge is 0.336 e. The van der Waals surface area contributed by atoms with Crippen LogP contribution in [0.4, 0.5) is 10.5 Å². The molecule has 2 heterocycles. The highest BCUT2D eigenvalue weighted by Gasteiger charge is 2.04. The van der Waals surface area contributed by atoms with E-state index in [1.54, 1.807) is 35.6 Å². The van der Waals surface area contributed by atoms with Crippen LogP contribution in [0.5, 0.6) is 0 Å². The number of nitrogens with one attached hydrogen (secondary N) is 2. The van der Waals surface area contributed by atoms with E-state index in [-0.39, 0.29) is 12.1 Å². The van der Waals surface area contributed by atoms with E-state index in [1.165, 1.54) is 0 Å². The van der Waals surface area contributed by atoms with Gasteiger partial charge in [-0.15, -0.1) is 0 Å². The summed E-state index contributed by atoms with van der Waals surface area (Å²) in [6, 6.07) is 3.47. The standard InChI is InChI=1S/C12H15N5O/c1-9(2)15-12(18)16-10-3-4-11(14-7-10)17-6-5-13-8-17/h3-9H,1-2H3,(H2,15,16,18). The Morgan fingerprint density at radius 3 is 2.78 bits per heavy atom. The molecule has 0 spiro atoms. The number of aromatic nitrogens is 3. The molecule has 2 aromatic rings. The number of nitrogens with zero attached hydrogens (tertiary/aromatic N) is 3. The smallest absolute Gasteiger partial charge is 0.319 e. The summed E-state index contributed by atoms with van der Waals surface area (Å²) in [5.41, 5.74) is 0.650. The monoisotopic (exact) mass is 245 g/mol. The number of anilines is 1. The second-order valence-electron chi connectivity index (χ2n) is 4.13. The second-order valence-corrected chi connectivity index (χ2v) is 4.13. The molecule has 2 rings (SSSR count). The quantitative estimate of drug-likeness (QED) is 0.866. The zero-order valence-electron chi connectivity index (χ0n) is 10.3. The average molecular weight is 245 g/mol. The van der Waals surface area contributed by atoms with Crippen molar-refractivity contribution in [3.63, 3.8) is 0 Å². The fourth-order valence-electron chi connectivity index (χ4n) is 1.44. The Bertz CT molecular complexity index is 504. The summed E-state index contributed by atoms with van der Waals surface area (Å²) in [4.78, 5) is 19.7. The van der Waals surface area contributed by atoms with Crippen molar-refractivity contribution in [2.75, 3.05) is 5.32 Å². The summed E-state index contributed by atoms with van der Waals surface area (Å²) in [6.07, 6.45) is 6.76. The number of imidazole rings is 1. The lowest BCUT2D eigenvalue weighted by Crippen LogP contribution is -2.34. The molecule has 6 heteroatoms. The van der Waals surface area contributed by atoms with Gasteiger partial charge < -0.3 is 10.6 Å². The van der Waals surface area contributed by atoms with Crippen LogP contribution in [-0.4, -0.2) is 26.6 Å². The lowest BCUT2D eigenvalue weighted by atomic mass is 10.4. The third kappa shape index (κ3) is 3.07. The molecule has 2 aromatic heterocycles.